The quantitative estimate of drug-likeness (QED) is 0.729. The molecule has 4 fully saturated rings. The van der Waals surface area contributed by atoms with Crippen molar-refractivity contribution in [3.8, 4) is 5.75 Å². The molecule has 8 heteroatoms. The maximum atomic E-state index is 14.9. The SMILES string of the molecule is O=C(O)c1cc(Cl)c(OCC23CC4(F)CC(F)(CC(F)(C4)C2)C3)cc1F. The van der Waals surface area contributed by atoms with Gasteiger partial charge >= 0.3 is 5.97 Å². The predicted octanol–water partition coefficient (Wildman–Crippen LogP) is 5.05. The first-order valence-electron chi connectivity index (χ1n) is 8.37. The summed E-state index contributed by atoms with van der Waals surface area (Å²) in [5, 5.41) is 8.75. The number of alkyl halides is 3. The van der Waals surface area contributed by atoms with Crippen LogP contribution in [-0.4, -0.2) is 34.7 Å². The van der Waals surface area contributed by atoms with Gasteiger partial charge in [0.1, 0.15) is 28.6 Å². The molecule has 4 aliphatic rings. The Morgan fingerprint density at radius 3 is 2.00 bits per heavy atom. The monoisotopic (exact) mass is 392 g/mol. The van der Waals surface area contributed by atoms with E-state index in [4.69, 9.17) is 21.4 Å². The second-order valence-electron chi connectivity index (χ2n) is 8.37. The molecule has 0 aliphatic heterocycles. The van der Waals surface area contributed by atoms with Crippen molar-refractivity contribution >= 4 is 17.6 Å². The van der Waals surface area contributed by atoms with Gasteiger partial charge in [0.25, 0.3) is 0 Å². The van der Waals surface area contributed by atoms with Crippen LogP contribution in [0.25, 0.3) is 0 Å². The summed E-state index contributed by atoms with van der Waals surface area (Å²) in [6.45, 7) is -0.207. The van der Waals surface area contributed by atoms with Crippen LogP contribution in [0.2, 0.25) is 5.02 Å². The molecular formula is C18H17ClF4O3. The predicted molar refractivity (Wildman–Crippen MR) is 85.5 cm³/mol. The standard InChI is InChI=1S/C18H17ClF4O3/c19-11-1-10(14(24)25)12(20)2-13(11)26-9-15-3-16(21)6-17(22,4-15)8-18(23,5-15)7-16/h1-2H,3-9H2,(H,24,25). The number of carbonyl (C=O) groups is 1. The summed E-state index contributed by atoms with van der Waals surface area (Å²) in [5.41, 5.74) is -7.33. The van der Waals surface area contributed by atoms with Crippen LogP contribution in [0.5, 0.6) is 5.75 Å². The van der Waals surface area contributed by atoms with Gasteiger partial charge in [0, 0.05) is 30.7 Å². The molecule has 1 aromatic carbocycles. The summed E-state index contributed by atoms with van der Waals surface area (Å²) in [6.07, 6.45) is -0.914. The Labute approximate surface area is 152 Å². The minimum Gasteiger partial charge on any atom is -0.491 e. The topological polar surface area (TPSA) is 46.5 Å². The number of halogens is 5. The van der Waals surface area contributed by atoms with E-state index in [1.54, 1.807) is 0 Å². The van der Waals surface area contributed by atoms with Crippen LogP contribution in [-0.2, 0) is 0 Å². The van der Waals surface area contributed by atoms with Gasteiger partial charge in [0.2, 0.25) is 0 Å². The Kier molecular flexibility index (Phi) is 3.63. The summed E-state index contributed by atoms with van der Waals surface area (Å²) in [5.74, 6) is -2.64. The zero-order chi connectivity index (χ0) is 19.0. The fourth-order valence-corrected chi connectivity index (χ4v) is 5.87. The minimum atomic E-state index is -1.90. The Hall–Kier alpha value is -1.50. The molecule has 0 aromatic heterocycles. The van der Waals surface area contributed by atoms with Crippen molar-refractivity contribution in [3.63, 3.8) is 0 Å². The average Bonchev–Trinajstić information content (AvgIpc) is 2.42. The van der Waals surface area contributed by atoms with Gasteiger partial charge in [-0.05, 0) is 25.3 Å². The van der Waals surface area contributed by atoms with Gasteiger partial charge in [-0.15, -0.1) is 0 Å². The van der Waals surface area contributed by atoms with E-state index >= 15 is 0 Å². The summed E-state index contributed by atoms with van der Waals surface area (Å²) in [7, 11) is 0. The molecule has 0 unspecified atom stereocenters. The van der Waals surface area contributed by atoms with Crippen molar-refractivity contribution in [2.45, 2.75) is 55.5 Å². The van der Waals surface area contributed by atoms with Gasteiger partial charge in [-0.25, -0.2) is 22.4 Å². The molecule has 0 amide bonds. The highest BCUT2D eigenvalue weighted by Gasteiger charge is 2.70. The smallest absolute Gasteiger partial charge is 0.338 e. The first-order chi connectivity index (χ1) is 11.9. The Morgan fingerprint density at radius 2 is 1.54 bits per heavy atom. The van der Waals surface area contributed by atoms with E-state index in [9.17, 15) is 22.4 Å². The van der Waals surface area contributed by atoms with E-state index in [1.807, 2.05) is 0 Å². The van der Waals surface area contributed by atoms with E-state index in [-0.39, 0.29) is 55.9 Å². The highest BCUT2D eigenvalue weighted by atomic mass is 35.5. The van der Waals surface area contributed by atoms with E-state index in [1.165, 1.54) is 0 Å². The van der Waals surface area contributed by atoms with E-state index in [0.29, 0.717) is 0 Å². The molecule has 1 aromatic rings. The second kappa shape index (κ2) is 5.27. The van der Waals surface area contributed by atoms with E-state index in [0.717, 1.165) is 12.1 Å². The summed E-state index contributed by atoms with van der Waals surface area (Å²) < 4.78 is 64.2. The highest BCUT2D eigenvalue weighted by Crippen LogP contribution is 2.68. The van der Waals surface area contributed by atoms with Gasteiger partial charge < -0.3 is 9.84 Å². The van der Waals surface area contributed by atoms with Crippen LogP contribution >= 0.6 is 11.6 Å². The molecule has 0 atom stereocenters. The number of carboxylic acids is 1. The molecule has 4 bridgehead atoms. The van der Waals surface area contributed by atoms with Gasteiger partial charge in [-0.3, -0.25) is 0 Å². The highest BCUT2D eigenvalue weighted by molar-refractivity contribution is 6.32. The first-order valence-corrected chi connectivity index (χ1v) is 8.74. The van der Waals surface area contributed by atoms with E-state index in [2.05, 4.69) is 0 Å². The molecule has 0 spiro atoms. The molecule has 4 saturated carbocycles. The van der Waals surface area contributed by atoms with Crippen LogP contribution in [0, 0.1) is 11.2 Å². The molecule has 1 N–H and O–H groups in total. The molecule has 0 radical (unpaired) electrons. The number of benzene rings is 1. The van der Waals surface area contributed by atoms with E-state index < -0.39 is 39.8 Å². The zero-order valence-electron chi connectivity index (χ0n) is 13.8. The first kappa shape index (κ1) is 17.9. The van der Waals surface area contributed by atoms with Crippen molar-refractivity contribution in [1.29, 1.82) is 0 Å². The molecular weight excluding hydrogens is 376 g/mol. The van der Waals surface area contributed by atoms with Gasteiger partial charge in [0.15, 0.2) is 0 Å². The normalized spacial score (nSPS) is 40.7. The largest absolute Gasteiger partial charge is 0.491 e. The lowest BCUT2D eigenvalue weighted by Crippen LogP contribution is -2.66. The number of hydrogen-bond acceptors (Lipinski definition) is 2. The van der Waals surface area contributed by atoms with Crippen LogP contribution in [0.3, 0.4) is 0 Å². The molecule has 4 aliphatic carbocycles. The van der Waals surface area contributed by atoms with Crippen molar-refractivity contribution in [1.82, 2.24) is 0 Å². The van der Waals surface area contributed by atoms with Crippen molar-refractivity contribution in [2.24, 2.45) is 5.41 Å². The zero-order valence-corrected chi connectivity index (χ0v) is 14.5. The van der Waals surface area contributed by atoms with Crippen LogP contribution in [0.1, 0.15) is 48.9 Å². The fourth-order valence-electron chi connectivity index (χ4n) is 5.66. The maximum Gasteiger partial charge on any atom is 0.338 e. The lowest BCUT2D eigenvalue weighted by atomic mass is 9.46. The summed E-state index contributed by atoms with van der Waals surface area (Å²) in [6, 6.07) is 1.74. The average molecular weight is 393 g/mol. The van der Waals surface area contributed by atoms with Gasteiger partial charge in [-0.2, -0.15) is 0 Å². The summed E-state index contributed by atoms with van der Waals surface area (Å²) >= 11 is 5.94. The third-order valence-electron chi connectivity index (χ3n) is 5.76. The van der Waals surface area contributed by atoms with Gasteiger partial charge in [0.05, 0.1) is 17.2 Å². The molecule has 5 rings (SSSR count). The number of carboxylic acid groups (broad SMARTS) is 1. The summed E-state index contributed by atoms with van der Waals surface area (Å²) in [4.78, 5) is 10.9. The molecule has 0 heterocycles. The lowest BCUT2D eigenvalue weighted by Gasteiger charge is -2.62. The second-order valence-corrected chi connectivity index (χ2v) is 8.78. The lowest BCUT2D eigenvalue weighted by molar-refractivity contribution is -0.223. The number of aromatic carboxylic acids is 1. The van der Waals surface area contributed by atoms with Crippen LogP contribution in [0.4, 0.5) is 17.6 Å². The van der Waals surface area contributed by atoms with Gasteiger partial charge in [-0.1, -0.05) is 11.6 Å². The van der Waals surface area contributed by atoms with Crippen LogP contribution < -0.4 is 4.74 Å². The van der Waals surface area contributed by atoms with Crippen molar-refractivity contribution in [2.75, 3.05) is 6.61 Å². The minimum absolute atomic E-state index is 0.00928. The Morgan fingerprint density at radius 1 is 1.04 bits per heavy atom. The number of ether oxygens (including phenoxy) is 1. The Bertz CT molecular complexity index is 745. The molecule has 3 nitrogen and oxygen atoms in total. The molecule has 26 heavy (non-hydrogen) atoms. The molecule has 0 saturated heterocycles. The van der Waals surface area contributed by atoms with Crippen molar-refractivity contribution < 1.29 is 32.2 Å². The van der Waals surface area contributed by atoms with Crippen molar-refractivity contribution in [3.05, 3.63) is 28.5 Å². The Balaban J connectivity index is 1.59. The maximum absolute atomic E-state index is 14.9. The molecule has 142 valence electrons. The number of hydrogen-bond donors (Lipinski definition) is 1. The number of rotatable bonds is 4. The van der Waals surface area contributed by atoms with Crippen LogP contribution in [0.15, 0.2) is 12.1 Å². The third-order valence-corrected chi connectivity index (χ3v) is 6.06. The fraction of sp³-hybridized carbons (Fsp3) is 0.611. The third kappa shape index (κ3) is 2.84.